The summed E-state index contributed by atoms with van der Waals surface area (Å²) in [5.74, 6) is 0.825. The van der Waals surface area contributed by atoms with Crippen LogP contribution in [-0.4, -0.2) is 23.3 Å². The molecule has 6 heteroatoms. The second-order valence-corrected chi connectivity index (χ2v) is 6.42. The third-order valence-corrected chi connectivity index (χ3v) is 4.64. The lowest BCUT2D eigenvalue weighted by atomic mass is 10.2. The van der Waals surface area contributed by atoms with Crippen LogP contribution in [-0.2, 0) is 6.54 Å². The predicted molar refractivity (Wildman–Crippen MR) is 79.5 cm³/mol. The highest BCUT2D eigenvalue weighted by molar-refractivity contribution is 9.10. The van der Waals surface area contributed by atoms with Gasteiger partial charge in [0.25, 0.3) is 0 Å². The number of hydrogen-bond donors (Lipinski definition) is 1. The van der Waals surface area contributed by atoms with Crippen molar-refractivity contribution < 1.29 is 4.74 Å². The van der Waals surface area contributed by atoms with E-state index < -0.39 is 0 Å². The Bertz CT molecular complexity index is 583. The lowest BCUT2D eigenvalue weighted by Gasteiger charge is -2.03. The molecular weight excluding hydrogens is 326 g/mol. The van der Waals surface area contributed by atoms with Crippen LogP contribution in [0.15, 0.2) is 22.7 Å². The molecule has 3 rings (SSSR count). The molecule has 0 spiro atoms. The third kappa shape index (κ3) is 3.13. The molecule has 19 heavy (non-hydrogen) atoms. The summed E-state index contributed by atoms with van der Waals surface area (Å²) >= 11 is 5.16. The fraction of sp³-hybridized carbons (Fsp3) is 0.385. The summed E-state index contributed by atoms with van der Waals surface area (Å²) in [6.07, 6.45) is 2.57. The molecule has 1 fully saturated rings. The molecule has 1 saturated carbocycles. The molecule has 0 bridgehead atoms. The molecule has 1 aromatic carbocycles. The van der Waals surface area contributed by atoms with Gasteiger partial charge < -0.3 is 10.1 Å². The van der Waals surface area contributed by atoms with Crippen molar-refractivity contribution in [2.45, 2.75) is 25.4 Å². The zero-order valence-corrected chi connectivity index (χ0v) is 12.9. The van der Waals surface area contributed by atoms with Crippen LogP contribution in [0.4, 0.5) is 0 Å². The fourth-order valence-electron chi connectivity index (χ4n) is 1.75. The zero-order chi connectivity index (χ0) is 13.2. The number of halogens is 1. The SMILES string of the molecule is COc1ccc(Br)c(-c2nnc(CNC3CC3)s2)c1. The molecule has 1 aliphatic carbocycles. The van der Waals surface area contributed by atoms with E-state index in [1.807, 2.05) is 18.2 Å². The van der Waals surface area contributed by atoms with Gasteiger partial charge in [-0.3, -0.25) is 0 Å². The van der Waals surface area contributed by atoms with E-state index in [1.165, 1.54) is 12.8 Å². The van der Waals surface area contributed by atoms with Crippen molar-refractivity contribution in [2.24, 2.45) is 0 Å². The van der Waals surface area contributed by atoms with Crippen molar-refractivity contribution in [3.63, 3.8) is 0 Å². The quantitative estimate of drug-likeness (QED) is 0.908. The number of nitrogens with zero attached hydrogens (tertiary/aromatic N) is 2. The molecule has 1 heterocycles. The number of rotatable bonds is 5. The Morgan fingerprint density at radius 2 is 2.26 bits per heavy atom. The van der Waals surface area contributed by atoms with E-state index in [1.54, 1.807) is 18.4 Å². The summed E-state index contributed by atoms with van der Waals surface area (Å²) < 4.78 is 6.25. The number of hydrogen-bond acceptors (Lipinski definition) is 5. The molecule has 0 saturated heterocycles. The van der Waals surface area contributed by atoms with Gasteiger partial charge in [0.2, 0.25) is 0 Å². The highest BCUT2D eigenvalue weighted by atomic mass is 79.9. The van der Waals surface area contributed by atoms with E-state index in [9.17, 15) is 0 Å². The predicted octanol–water partition coefficient (Wildman–Crippen LogP) is 3.23. The van der Waals surface area contributed by atoms with Crippen LogP contribution < -0.4 is 10.1 Å². The minimum atomic E-state index is 0.691. The van der Waals surface area contributed by atoms with Crippen molar-refractivity contribution in [1.29, 1.82) is 0 Å². The summed E-state index contributed by atoms with van der Waals surface area (Å²) in [6.45, 7) is 0.809. The van der Waals surface area contributed by atoms with E-state index in [-0.39, 0.29) is 0 Å². The summed E-state index contributed by atoms with van der Waals surface area (Å²) in [4.78, 5) is 0. The normalized spacial score (nSPS) is 14.6. The highest BCUT2D eigenvalue weighted by Crippen LogP contribution is 2.33. The lowest BCUT2D eigenvalue weighted by Crippen LogP contribution is -2.14. The summed E-state index contributed by atoms with van der Waals surface area (Å²) in [5.41, 5.74) is 1.02. The van der Waals surface area contributed by atoms with Crippen molar-refractivity contribution >= 4 is 27.3 Å². The Morgan fingerprint density at radius 3 is 3.00 bits per heavy atom. The van der Waals surface area contributed by atoms with Gasteiger partial charge in [-0.05, 0) is 31.0 Å². The van der Waals surface area contributed by atoms with E-state index in [0.717, 1.165) is 32.3 Å². The van der Waals surface area contributed by atoms with Crippen molar-refractivity contribution in [2.75, 3.05) is 7.11 Å². The topological polar surface area (TPSA) is 47.0 Å². The van der Waals surface area contributed by atoms with Gasteiger partial charge in [0.15, 0.2) is 0 Å². The van der Waals surface area contributed by atoms with Crippen molar-refractivity contribution in [3.8, 4) is 16.3 Å². The van der Waals surface area contributed by atoms with E-state index in [0.29, 0.717) is 6.04 Å². The van der Waals surface area contributed by atoms with Crippen LogP contribution in [0.1, 0.15) is 17.8 Å². The standard InChI is InChI=1S/C13H14BrN3OS/c1-18-9-4-5-11(14)10(6-9)13-17-16-12(19-13)7-15-8-2-3-8/h4-6,8,15H,2-3,7H2,1H3. The first-order valence-corrected chi connectivity index (χ1v) is 7.77. The number of aromatic nitrogens is 2. The Morgan fingerprint density at radius 1 is 1.42 bits per heavy atom. The van der Waals surface area contributed by atoms with E-state index in [2.05, 4.69) is 31.4 Å². The molecule has 1 aliphatic rings. The van der Waals surface area contributed by atoms with Gasteiger partial charge in [-0.15, -0.1) is 10.2 Å². The summed E-state index contributed by atoms with van der Waals surface area (Å²) in [6, 6.07) is 6.56. The smallest absolute Gasteiger partial charge is 0.149 e. The van der Waals surface area contributed by atoms with Gasteiger partial charge in [0.1, 0.15) is 15.8 Å². The summed E-state index contributed by atoms with van der Waals surface area (Å²) in [5, 5.41) is 13.9. The zero-order valence-electron chi connectivity index (χ0n) is 10.5. The van der Waals surface area contributed by atoms with Gasteiger partial charge in [0, 0.05) is 22.6 Å². The molecular formula is C13H14BrN3OS. The average Bonchev–Trinajstić information content (AvgIpc) is 3.15. The van der Waals surface area contributed by atoms with Gasteiger partial charge >= 0.3 is 0 Å². The first-order chi connectivity index (χ1) is 9.26. The molecule has 0 radical (unpaired) electrons. The average molecular weight is 340 g/mol. The van der Waals surface area contributed by atoms with Crippen LogP contribution in [0, 0.1) is 0 Å². The van der Waals surface area contributed by atoms with Crippen LogP contribution in [0.3, 0.4) is 0 Å². The Balaban J connectivity index is 1.80. The van der Waals surface area contributed by atoms with Gasteiger partial charge in [-0.2, -0.15) is 0 Å². The molecule has 2 aromatic rings. The Hall–Kier alpha value is -0.980. The first-order valence-electron chi connectivity index (χ1n) is 6.16. The fourth-order valence-corrected chi connectivity index (χ4v) is 3.13. The number of nitrogens with one attached hydrogen (secondary N) is 1. The molecule has 0 aliphatic heterocycles. The second kappa shape index (κ2) is 5.56. The van der Waals surface area contributed by atoms with Gasteiger partial charge in [-0.25, -0.2) is 0 Å². The third-order valence-electron chi connectivity index (χ3n) is 2.99. The Kier molecular flexibility index (Phi) is 3.81. The maximum absolute atomic E-state index is 5.25. The Labute approximate surface area is 124 Å². The molecule has 4 nitrogen and oxygen atoms in total. The molecule has 1 N–H and O–H groups in total. The molecule has 1 aromatic heterocycles. The summed E-state index contributed by atoms with van der Waals surface area (Å²) in [7, 11) is 1.66. The van der Waals surface area contributed by atoms with E-state index >= 15 is 0 Å². The van der Waals surface area contributed by atoms with Crippen molar-refractivity contribution in [3.05, 3.63) is 27.7 Å². The molecule has 0 atom stereocenters. The number of methoxy groups -OCH3 is 1. The highest BCUT2D eigenvalue weighted by Gasteiger charge is 2.21. The maximum Gasteiger partial charge on any atom is 0.149 e. The minimum absolute atomic E-state index is 0.691. The largest absolute Gasteiger partial charge is 0.497 e. The van der Waals surface area contributed by atoms with Crippen LogP contribution >= 0.6 is 27.3 Å². The molecule has 0 amide bonds. The van der Waals surface area contributed by atoms with Crippen LogP contribution in [0.25, 0.3) is 10.6 Å². The van der Waals surface area contributed by atoms with Crippen LogP contribution in [0.2, 0.25) is 0 Å². The molecule has 0 unspecified atom stereocenters. The number of benzene rings is 1. The second-order valence-electron chi connectivity index (χ2n) is 4.50. The monoisotopic (exact) mass is 339 g/mol. The number of ether oxygens (including phenoxy) is 1. The van der Waals surface area contributed by atoms with Crippen molar-refractivity contribution in [1.82, 2.24) is 15.5 Å². The minimum Gasteiger partial charge on any atom is -0.497 e. The van der Waals surface area contributed by atoms with Gasteiger partial charge in [0.05, 0.1) is 7.11 Å². The maximum atomic E-state index is 5.25. The van der Waals surface area contributed by atoms with Crippen LogP contribution in [0.5, 0.6) is 5.75 Å². The first kappa shape index (κ1) is 13.0. The van der Waals surface area contributed by atoms with Gasteiger partial charge in [-0.1, -0.05) is 27.3 Å². The molecule has 100 valence electrons. The lowest BCUT2D eigenvalue weighted by molar-refractivity contribution is 0.415. The van der Waals surface area contributed by atoms with E-state index in [4.69, 9.17) is 4.74 Å².